The maximum atomic E-state index is 10.9. The van der Waals surface area contributed by atoms with Gasteiger partial charge in [-0.2, -0.15) is 0 Å². The summed E-state index contributed by atoms with van der Waals surface area (Å²) in [7, 11) is 1.89. The molecular weight excluding hydrogens is 253 g/mol. The highest BCUT2D eigenvalue weighted by Crippen LogP contribution is 2.27. The number of aromatic nitrogens is 2. The Hall–Kier alpha value is -0.780. The van der Waals surface area contributed by atoms with Crippen molar-refractivity contribution in [1.29, 1.82) is 0 Å². The van der Waals surface area contributed by atoms with Gasteiger partial charge < -0.3 is 15.0 Å². The first-order chi connectivity index (χ1) is 6.70. The molecule has 0 aromatic carbocycles. The van der Waals surface area contributed by atoms with E-state index in [-0.39, 0.29) is 36.6 Å². The van der Waals surface area contributed by atoms with E-state index < -0.39 is 5.97 Å². The van der Waals surface area contributed by atoms with Gasteiger partial charge in [-0.05, 0) is 0 Å². The van der Waals surface area contributed by atoms with Gasteiger partial charge in [-0.25, -0.2) is 4.98 Å². The molecule has 0 spiro atoms. The third-order valence-electron chi connectivity index (χ3n) is 2.77. The smallest absolute Gasteiger partial charge is 0.308 e. The summed E-state index contributed by atoms with van der Waals surface area (Å²) in [5.41, 5.74) is 0.988. The predicted octanol–water partition coefficient (Wildman–Crippen LogP) is 0.651. The average molecular weight is 268 g/mol. The fourth-order valence-corrected chi connectivity index (χ4v) is 1.97. The molecule has 1 aromatic rings. The molecule has 2 rings (SSSR count). The maximum absolute atomic E-state index is 10.9. The third-order valence-corrected chi connectivity index (χ3v) is 2.77. The van der Waals surface area contributed by atoms with Gasteiger partial charge in [-0.1, -0.05) is 0 Å². The fourth-order valence-electron chi connectivity index (χ4n) is 1.97. The van der Waals surface area contributed by atoms with Crippen molar-refractivity contribution in [3.8, 4) is 0 Å². The zero-order chi connectivity index (χ0) is 10.1. The zero-order valence-corrected chi connectivity index (χ0v) is 10.4. The summed E-state index contributed by atoms with van der Waals surface area (Å²) in [5.74, 6) is -1.02. The molecule has 1 aromatic heterocycles. The van der Waals surface area contributed by atoms with Gasteiger partial charge in [0, 0.05) is 37.9 Å². The number of aliphatic carboxylic acids is 1. The highest BCUT2D eigenvalue weighted by Gasteiger charge is 2.35. The van der Waals surface area contributed by atoms with E-state index in [0.29, 0.717) is 6.54 Å². The molecule has 5 nitrogen and oxygen atoms in total. The number of hydrogen-bond donors (Lipinski definition) is 2. The Morgan fingerprint density at radius 2 is 2.25 bits per heavy atom. The first kappa shape index (κ1) is 15.2. The molecule has 1 fully saturated rings. The minimum atomic E-state index is -0.735. The second kappa shape index (κ2) is 6.08. The third kappa shape index (κ3) is 2.66. The van der Waals surface area contributed by atoms with Gasteiger partial charge in [-0.15, -0.1) is 24.8 Å². The van der Waals surface area contributed by atoms with Gasteiger partial charge in [0.25, 0.3) is 0 Å². The molecule has 7 heteroatoms. The van der Waals surface area contributed by atoms with Gasteiger partial charge in [0.15, 0.2) is 0 Å². The number of halogens is 2. The molecule has 0 saturated carbocycles. The summed E-state index contributed by atoms with van der Waals surface area (Å²) in [5, 5.41) is 12.1. The van der Waals surface area contributed by atoms with E-state index >= 15 is 0 Å². The van der Waals surface area contributed by atoms with Crippen molar-refractivity contribution in [3.05, 3.63) is 18.2 Å². The Balaban J connectivity index is 0.00000112. The van der Waals surface area contributed by atoms with E-state index in [9.17, 15) is 4.79 Å². The highest BCUT2D eigenvalue weighted by molar-refractivity contribution is 5.85. The first-order valence-electron chi connectivity index (χ1n) is 4.60. The monoisotopic (exact) mass is 267 g/mol. The van der Waals surface area contributed by atoms with Crippen molar-refractivity contribution in [1.82, 2.24) is 14.9 Å². The number of nitrogens with zero attached hydrogens (tertiary/aromatic N) is 2. The molecule has 2 atom stereocenters. The summed E-state index contributed by atoms with van der Waals surface area (Å²) in [6.07, 6.45) is 3.44. The maximum Gasteiger partial charge on any atom is 0.308 e. The summed E-state index contributed by atoms with van der Waals surface area (Å²) < 4.78 is 1.88. The van der Waals surface area contributed by atoms with Crippen LogP contribution in [-0.4, -0.2) is 33.7 Å². The molecule has 1 aliphatic rings. The lowest BCUT2D eigenvalue weighted by Crippen LogP contribution is -2.22. The van der Waals surface area contributed by atoms with E-state index in [1.165, 1.54) is 0 Å². The molecule has 16 heavy (non-hydrogen) atoms. The second-order valence-electron chi connectivity index (χ2n) is 3.64. The Bertz CT molecular complexity index is 356. The number of carbonyl (C=O) groups is 1. The first-order valence-corrected chi connectivity index (χ1v) is 4.60. The molecule has 0 amide bonds. The lowest BCUT2D eigenvalue weighted by Gasteiger charge is -2.14. The lowest BCUT2D eigenvalue weighted by atomic mass is 9.93. The van der Waals surface area contributed by atoms with Crippen LogP contribution in [0, 0.1) is 5.92 Å². The van der Waals surface area contributed by atoms with Crippen LogP contribution in [-0.2, 0) is 11.8 Å². The number of rotatable bonds is 2. The van der Waals surface area contributed by atoms with E-state index in [2.05, 4.69) is 10.3 Å². The van der Waals surface area contributed by atoms with Crippen LogP contribution in [0.5, 0.6) is 0 Å². The molecule has 1 saturated heterocycles. The van der Waals surface area contributed by atoms with Crippen molar-refractivity contribution in [2.24, 2.45) is 13.0 Å². The Kier molecular flexibility index (Phi) is 5.78. The molecule has 0 unspecified atom stereocenters. The van der Waals surface area contributed by atoms with Crippen molar-refractivity contribution >= 4 is 30.8 Å². The molecule has 2 heterocycles. The standard InChI is InChI=1S/C9H13N3O2.2ClH/c1-12-5-11-4-8(12)6-2-10-3-7(6)9(13)14;;/h4-7,10H,2-3H2,1H3,(H,13,14);2*1H/t6-,7-;;/m1../s1. The molecule has 0 bridgehead atoms. The molecule has 0 radical (unpaired) electrons. The Morgan fingerprint density at radius 1 is 1.56 bits per heavy atom. The lowest BCUT2D eigenvalue weighted by molar-refractivity contribution is -0.141. The Labute approximate surface area is 106 Å². The number of nitrogens with one attached hydrogen (secondary N) is 1. The van der Waals surface area contributed by atoms with Crippen molar-refractivity contribution in [2.75, 3.05) is 13.1 Å². The minimum absolute atomic E-state index is 0. The summed E-state index contributed by atoms with van der Waals surface area (Å²) >= 11 is 0. The van der Waals surface area contributed by atoms with Crippen molar-refractivity contribution in [3.63, 3.8) is 0 Å². The van der Waals surface area contributed by atoms with Gasteiger partial charge in [0.05, 0.1) is 12.2 Å². The fraction of sp³-hybridized carbons (Fsp3) is 0.556. The van der Waals surface area contributed by atoms with E-state index in [4.69, 9.17) is 5.11 Å². The summed E-state index contributed by atoms with van der Waals surface area (Å²) in [4.78, 5) is 15.0. The predicted molar refractivity (Wildman–Crippen MR) is 64.4 cm³/mol. The SMILES string of the molecule is Cl.Cl.Cn1cncc1[C@@H]1CNC[C@H]1C(=O)O. The largest absolute Gasteiger partial charge is 0.481 e. The van der Waals surface area contributed by atoms with Crippen LogP contribution in [0.15, 0.2) is 12.5 Å². The van der Waals surface area contributed by atoms with Crippen LogP contribution in [0.1, 0.15) is 11.6 Å². The number of imidazole rings is 1. The average Bonchev–Trinajstić information content (AvgIpc) is 2.70. The van der Waals surface area contributed by atoms with Crippen molar-refractivity contribution < 1.29 is 9.90 Å². The minimum Gasteiger partial charge on any atom is -0.481 e. The second-order valence-corrected chi connectivity index (χ2v) is 3.64. The molecule has 92 valence electrons. The highest BCUT2D eigenvalue weighted by atomic mass is 35.5. The number of aryl methyl sites for hydroxylation is 1. The van der Waals surface area contributed by atoms with Crippen LogP contribution < -0.4 is 5.32 Å². The van der Waals surface area contributed by atoms with Crippen molar-refractivity contribution in [2.45, 2.75) is 5.92 Å². The van der Waals surface area contributed by atoms with Crippen LogP contribution in [0.4, 0.5) is 0 Å². The van der Waals surface area contributed by atoms with E-state index in [0.717, 1.165) is 12.2 Å². The molecular formula is C9H15Cl2N3O2. The number of carboxylic acid groups (broad SMARTS) is 1. The van der Waals surface area contributed by atoms with Gasteiger partial charge in [0.2, 0.25) is 0 Å². The topological polar surface area (TPSA) is 67.2 Å². The normalized spacial score (nSPS) is 23.3. The molecule has 0 aliphatic carbocycles. The quantitative estimate of drug-likeness (QED) is 0.826. The number of carboxylic acids is 1. The van der Waals surface area contributed by atoms with Crippen LogP contribution in [0.25, 0.3) is 0 Å². The van der Waals surface area contributed by atoms with Crippen LogP contribution in [0.3, 0.4) is 0 Å². The zero-order valence-electron chi connectivity index (χ0n) is 8.79. The van der Waals surface area contributed by atoms with Crippen LogP contribution in [0.2, 0.25) is 0 Å². The summed E-state index contributed by atoms with van der Waals surface area (Å²) in [6, 6.07) is 0. The van der Waals surface area contributed by atoms with E-state index in [1.54, 1.807) is 12.5 Å². The Morgan fingerprint density at radius 3 is 2.75 bits per heavy atom. The van der Waals surface area contributed by atoms with Crippen LogP contribution >= 0.6 is 24.8 Å². The van der Waals surface area contributed by atoms with Gasteiger partial charge in [0.1, 0.15) is 0 Å². The molecule has 1 aliphatic heterocycles. The molecule has 2 N–H and O–H groups in total. The summed E-state index contributed by atoms with van der Waals surface area (Å²) in [6.45, 7) is 1.27. The van der Waals surface area contributed by atoms with E-state index in [1.807, 2.05) is 11.6 Å². The van der Waals surface area contributed by atoms with Gasteiger partial charge >= 0.3 is 5.97 Å². The van der Waals surface area contributed by atoms with Gasteiger partial charge in [-0.3, -0.25) is 4.79 Å². The number of hydrogen-bond acceptors (Lipinski definition) is 3.